The molecule has 0 saturated heterocycles. The molecule has 0 fully saturated rings. The smallest absolute Gasteiger partial charge is 0.328 e. The molecular formula is C25H19N3O4S2. The van der Waals surface area contributed by atoms with E-state index in [0.29, 0.717) is 10.8 Å². The molecule has 0 saturated carbocycles. The number of thiazole rings is 1. The minimum atomic E-state index is -1.20. The number of carbonyl (C=O) groups is 3. The van der Waals surface area contributed by atoms with Gasteiger partial charge in [0, 0.05) is 22.7 Å². The second kappa shape index (κ2) is 10.8. The van der Waals surface area contributed by atoms with Gasteiger partial charge in [-0.3, -0.25) is 9.59 Å². The maximum atomic E-state index is 13.3. The first-order valence-corrected chi connectivity index (χ1v) is 11.9. The number of carboxylic acids is 1. The lowest BCUT2D eigenvalue weighted by atomic mass is 10.1. The van der Waals surface area contributed by atoms with Crippen LogP contribution in [-0.4, -0.2) is 27.9 Å². The molecule has 170 valence electrons. The van der Waals surface area contributed by atoms with Crippen molar-refractivity contribution in [1.29, 1.82) is 0 Å². The Balaban J connectivity index is 1.49. The van der Waals surface area contributed by atoms with E-state index in [-0.39, 0.29) is 5.91 Å². The number of hydrogen-bond donors (Lipinski definition) is 3. The molecule has 4 aromatic rings. The number of amides is 2. The summed E-state index contributed by atoms with van der Waals surface area (Å²) in [5, 5.41) is 14.2. The highest BCUT2D eigenvalue weighted by Gasteiger charge is 2.23. The number of hydrogen-bond acceptors (Lipinski definition) is 6. The molecule has 34 heavy (non-hydrogen) atoms. The molecule has 0 radical (unpaired) electrons. The normalized spacial score (nSPS) is 11.9. The molecule has 4 rings (SSSR count). The molecule has 1 aromatic heterocycles. The van der Waals surface area contributed by atoms with Crippen LogP contribution in [0.4, 0.5) is 10.8 Å². The van der Waals surface area contributed by atoms with Gasteiger partial charge in [-0.2, -0.15) is 0 Å². The van der Waals surface area contributed by atoms with Crippen molar-refractivity contribution in [3.05, 3.63) is 96.6 Å². The van der Waals surface area contributed by atoms with Gasteiger partial charge < -0.3 is 15.7 Å². The third-order valence-corrected chi connectivity index (χ3v) is 6.84. The van der Waals surface area contributed by atoms with E-state index >= 15 is 0 Å². The minimum absolute atomic E-state index is 0.188. The molecular weight excluding hydrogens is 470 g/mol. The van der Waals surface area contributed by atoms with Crippen LogP contribution in [0.25, 0.3) is 10.2 Å². The van der Waals surface area contributed by atoms with Gasteiger partial charge in [0.1, 0.15) is 5.25 Å². The Morgan fingerprint density at radius 3 is 2.29 bits per heavy atom. The van der Waals surface area contributed by atoms with Gasteiger partial charge in [-0.25, -0.2) is 9.78 Å². The van der Waals surface area contributed by atoms with Gasteiger partial charge in [-0.1, -0.05) is 53.8 Å². The number of thioether (sulfide) groups is 1. The maximum Gasteiger partial charge on any atom is 0.328 e. The predicted octanol–water partition coefficient (Wildman–Crippen LogP) is 5.35. The molecule has 0 aliphatic rings. The third kappa shape index (κ3) is 6.09. The highest BCUT2D eigenvalue weighted by Crippen LogP contribution is 2.37. The van der Waals surface area contributed by atoms with Crippen molar-refractivity contribution in [2.75, 3.05) is 10.6 Å². The van der Waals surface area contributed by atoms with E-state index in [1.165, 1.54) is 23.1 Å². The molecule has 7 nitrogen and oxygen atoms in total. The first-order valence-electron chi connectivity index (χ1n) is 10.2. The average Bonchev–Trinajstić information content (AvgIpc) is 3.25. The summed E-state index contributed by atoms with van der Waals surface area (Å²) >= 11 is 2.80. The molecule has 1 atom stereocenters. The van der Waals surface area contributed by atoms with E-state index in [9.17, 15) is 14.4 Å². The number of para-hydroxylation sites is 1. The molecule has 0 aliphatic carbocycles. The average molecular weight is 490 g/mol. The summed E-state index contributed by atoms with van der Waals surface area (Å²) < 4.78 is 0.998. The summed E-state index contributed by atoms with van der Waals surface area (Å²) in [5.41, 5.74) is 2.20. The second-order valence-electron chi connectivity index (χ2n) is 7.07. The van der Waals surface area contributed by atoms with E-state index in [1.54, 1.807) is 24.3 Å². The van der Waals surface area contributed by atoms with E-state index in [0.717, 1.165) is 32.8 Å². The SMILES string of the molecule is O=C(O)/C=C/C(=O)Nc1ccc(SC(C(=O)Nc2nc3ccccc3s2)c2ccccc2)cc1. The van der Waals surface area contributed by atoms with Gasteiger partial charge in [0.15, 0.2) is 5.13 Å². The standard InChI is InChI=1S/C25H19N3O4S2/c29-21(14-15-22(30)31)26-17-10-12-18(13-11-17)33-23(16-6-2-1-3-7-16)24(32)28-25-27-19-8-4-5-9-20(19)34-25/h1-15,23H,(H,26,29)(H,30,31)(H,27,28,32)/b15-14+. The van der Waals surface area contributed by atoms with Crippen LogP contribution in [0.2, 0.25) is 0 Å². The summed E-state index contributed by atoms with van der Waals surface area (Å²) in [6, 6.07) is 24.2. The van der Waals surface area contributed by atoms with E-state index < -0.39 is 17.1 Å². The Hall–Kier alpha value is -3.95. The molecule has 1 unspecified atom stereocenters. The fourth-order valence-electron chi connectivity index (χ4n) is 3.08. The number of carboxylic acid groups (broad SMARTS) is 1. The molecule has 3 aromatic carbocycles. The Labute approximate surface area is 203 Å². The number of aliphatic carboxylic acids is 1. The lowest BCUT2D eigenvalue weighted by Gasteiger charge is -2.16. The Kier molecular flexibility index (Phi) is 7.36. The molecule has 1 heterocycles. The van der Waals surface area contributed by atoms with Crippen LogP contribution in [0.15, 0.2) is 95.9 Å². The van der Waals surface area contributed by atoms with Crippen molar-refractivity contribution in [2.24, 2.45) is 0 Å². The first kappa shape index (κ1) is 23.2. The van der Waals surface area contributed by atoms with Crippen molar-refractivity contribution in [3.63, 3.8) is 0 Å². The Morgan fingerprint density at radius 1 is 0.882 bits per heavy atom. The predicted molar refractivity (Wildman–Crippen MR) is 135 cm³/mol. The van der Waals surface area contributed by atoms with Crippen molar-refractivity contribution < 1.29 is 19.5 Å². The van der Waals surface area contributed by atoms with Crippen LogP contribution in [0.3, 0.4) is 0 Å². The monoisotopic (exact) mass is 489 g/mol. The summed E-state index contributed by atoms with van der Waals surface area (Å²) in [5.74, 6) is -1.93. The van der Waals surface area contributed by atoms with E-state index in [4.69, 9.17) is 5.11 Å². The molecule has 3 N–H and O–H groups in total. The fourth-order valence-corrected chi connectivity index (χ4v) is 4.97. The Bertz CT molecular complexity index is 1320. The van der Waals surface area contributed by atoms with Crippen molar-refractivity contribution in [1.82, 2.24) is 4.98 Å². The van der Waals surface area contributed by atoms with Crippen molar-refractivity contribution in [3.8, 4) is 0 Å². The van der Waals surface area contributed by atoms with Crippen LogP contribution in [0, 0.1) is 0 Å². The maximum absolute atomic E-state index is 13.3. The van der Waals surface area contributed by atoms with Crippen LogP contribution in [-0.2, 0) is 14.4 Å². The number of benzene rings is 3. The van der Waals surface area contributed by atoms with Gasteiger partial charge in [-0.15, -0.1) is 11.8 Å². The number of nitrogens with zero attached hydrogens (tertiary/aromatic N) is 1. The number of anilines is 2. The molecule has 2 amide bonds. The zero-order chi connectivity index (χ0) is 23.9. The molecule has 0 bridgehead atoms. The number of nitrogens with one attached hydrogen (secondary N) is 2. The molecule has 0 aliphatic heterocycles. The van der Waals surface area contributed by atoms with E-state index in [2.05, 4.69) is 15.6 Å². The van der Waals surface area contributed by atoms with Gasteiger partial charge >= 0.3 is 5.97 Å². The van der Waals surface area contributed by atoms with Crippen LogP contribution in [0.5, 0.6) is 0 Å². The third-order valence-electron chi connectivity index (χ3n) is 4.62. The summed E-state index contributed by atoms with van der Waals surface area (Å²) in [6.45, 7) is 0. The van der Waals surface area contributed by atoms with Gasteiger partial charge in [-0.05, 0) is 42.0 Å². The van der Waals surface area contributed by atoms with Gasteiger partial charge in [0.2, 0.25) is 11.8 Å². The Morgan fingerprint density at radius 2 is 1.59 bits per heavy atom. The second-order valence-corrected chi connectivity index (χ2v) is 9.28. The van der Waals surface area contributed by atoms with Crippen molar-refractivity contribution >= 4 is 61.9 Å². The first-order chi connectivity index (χ1) is 16.5. The lowest BCUT2D eigenvalue weighted by Crippen LogP contribution is -2.18. The number of fused-ring (bicyclic) bond motifs is 1. The summed E-state index contributed by atoms with van der Waals surface area (Å²) in [6.07, 6.45) is 1.72. The molecule has 9 heteroatoms. The number of aromatic nitrogens is 1. The topological polar surface area (TPSA) is 108 Å². The summed E-state index contributed by atoms with van der Waals surface area (Å²) in [7, 11) is 0. The minimum Gasteiger partial charge on any atom is -0.478 e. The summed E-state index contributed by atoms with van der Waals surface area (Å²) in [4.78, 5) is 40.9. The van der Waals surface area contributed by atoms with Crippen LogP contribution < -0.4 is 10.6 Å². The molecule has 0 spiro atoms. The van der Waals surface area contributed by atoms with Gasteiger partial charge in [0.25, 0.3) is 0 Å². The zero-order valence-corrected chi connectivity index (χ0v) is 19.3. The quantitative estimate of drug-likeness (QED) is 0.228. The lowest BCUT2D eigenvalue weighted by molar-refractivity contribution is -0.131. The van der Waals surface area contributed by atoms with Crippen LogP contribution in [0.1, 0.15) is 10.8 Å². The van der Waals surface area contributed by atoms with Crippen LogP contribution >= 0.6 is 23.1 Å². The van der Waals surface area contributed by atoms with E-state index in [1.807, 2.05) is 54.6 Å². The highest BCUT2D eigenvalue weighted by molar-refractivity contribution is 8.00. The number of rotatable bonds is 8. The highest BCUT2D eigenvalue weighted by atomic mass is 32.2. The van der Waals surface area contributed by atoms with Gasteiger partial charge in [0.05, 0.1) is 10.2 Å². The largest absolute Gasteiger partial charge is 0.478 e. The number of carbonyl (C=O) groups excluding carboxylic acids is 2. The fraction of sp³-hybridized carbons (Fsp3) is 0.0400. The zero-order valence-electron chi connectivity index (χ0n) is 17.7. The van der Waals surface area contributed by atoms with Crippen molar-refractivity contribution in [2.45, 2.75) is 10.1 Å².